The monoisotopic (exact) mass is 342 g/mol. The van der Waals surface area contributed by atoms with Gasteiger partial charge in [-0.15, -0.1) is 0 Å². The molecule has 0 aromatic heterocycles. The lowest BCUT2D eigenvalue weighted by atomic mass is 10.1. The van der Waals surface area contributed by atoms with E-state index in [-0.39, 0.29) is 24.4 Å². The van der Waals surface area contributed by atoms with Crippen LogP contribution in [-0.4, -0.2) is 39.8 Å². The third-order valence-corrected chi connectivity index (χ3v) is 4.65. The number of carbonyl (C=O) groups excluding carboxylic acids is 1. The molecule has 1 aromatic carbocycles. The molecule has 0 fully saturated rings. The Bertz CT molecular complexity index is 611. The van der Waals surface area contributed by atoms with Crippen molar-refractivity contribution in [1.82, 2.24) is 5.32 Å². The number of amides is 1. The maximum Gasteiger partial charge on any atom is 0.240 e. The van der Waals surface area contributed by atoms with Gasteiger partial charge < -0.3 is 10.1 Å². The highest BCUT2D eigenvalue weighted by molar-refractivity contribution is 7.92. The molecule has 7 heteroatoms. The standard InChI is InChI=1S/C16H26N2O4S/c1-6-22-15-9-7-14(8-10-15)18(23(5,20)21)11-16(19)17-13(4)12(2)3/h7-10,12-13H,6,11H2,1-5H3,(H,17,19)/t13-/m0/s1. The molecule has 0 heterocycles. The summed E-state index contributed by atoms with van der Waals surface area (Å²) >= 11 is 0. The molecule has 130 valence electrons. The van der Waals surface area contributed by atoms with E-state index in [1.54, 1.807) is 24.3 Å². The normalized spacial score (nSPS) is 12.8. The lowest BCUT2D eigenvalue weighted by Gasteiger charge is -2.24. The minimum Gasteiger partial charge on any atom is -0.494 e. The van der Waals surface area contributed by atoms with E-state index >= 15 is 0 Å². The second kappa shape index (κ2) is 8.19. The second-order valence-electron chi connectivity index (χ2n) is 5.80. The zero-order chi connectivity index (χ0) is 17.6. The van der Waals surface area contributed by atoms with Crippen molar-refractivity contribution in [2.24, 2.45) is 5.92 Å². The van der Waals surface area contributed by atoms with E-state index in [2.05, 4.69) is 5.32 Å². The van der Waals surface area contributed by atoms with Crippen molar-refractivity contribution in [2.45, 2.75) is 33.7 Å². The Kier molecular flexibility index (Phi) is 6.87. The molecular formula is C16H26N2O4S. The minimum absolute atomic E-state index is 0.0239. The maximum atomic E-state index is 12.1. The van der Waals surface area contributed by atoms with Gasteiger partial charge in [-0.25, -0.2) is 8.42 Å². The highest BCUT2D eigenvalue weighted by Gasteiger charge is 2.22. The van der Waals surface area contributed by atoms with Gasteiger partial charge in [0.15, 0.2) is 0 Å². The van der Waals surface area contributed by atoms with Gasteiger partial charge in [0.1, 0.15) is 12.3 Å². The quantitative estimate of drug-likeness (QED) is 0.784. The molecule has 0 saturated heterocycles. The molecule has 6 nitrogen and oxygen atoms in total. The number of anilines is 1. The summed E-state index contributed by atoms with van der Waals surface area (Å²) in [5.41, 5.74) is 0.434. The van der Waals surface area contributed by atoms with Gasteiger partial charge in [0.2, 0.25) is 15.9 Å². The van der Waals surface area contributed by atoms with Crippen LogP contribution in [0.3, 0.4) is 0 Å². The Hall–Kier alpha value is -1.76. The summed E-state index contributed by atoms with van der Waals surface area (Å²) in [6, 6.07) is 6.61. The van der Waals surface area contributed by atoms with Crippen LogP contribution in [0.4, 0.5) is 5.69 Å². The van der Waals surface area contributed by atoms with Crippen LogP contribution in [0.25, 0.3) is 0 Å². The average Bonchev–Trinajstić information content (AvgIpc) is 2.45. The van der Waals surface area contributed by atoms with Crippen molar-refractivity contribution >= 4 is 21.6 Å². The van der Waals surface area contributed by atoms with E-state index in [0.29, 0.717) is 18.0 Å². The van der Waals surface area contributed by atoms with E-state index < -0.39 is 10.0 Å². The van der Waals surface area contributed by atoms with Gasteiger partial charge in [0.25, 0.3) is 0 Å². The number of hydrogen-bond donors (Lipinski definition) is 1. The second-order valence-corrected chi connectivity index (χ2v) is 7.70. The first-order chi connectivity index (χ1) is 10.6. The summed E-state index contributed by atoms with van der Waals surface area (Å²) in [5.74, 6) is 0.601. The van der Waals surface area contributed by atoms with Crippen LogP contribution in [0.5, 0.6) is 5.75 Å². The molecular weight excluding hydrogens is 316 g/mol. The van der Waals surface area contributed by atoms with E-state index in [0.717, 1.165) is 10.6 Å². The lowest BCUT2D eigenvalue weighted by molar-refractivity contribution is -0.120. The number of nitrogens with one attached hydrogen (secondary N) is 1. The topological polar surface area (TPSA) is 75.7 Å². The van der Waals surface area contributed by atoms with Gasteiger partial charge in [-0.3, -0.25) is 9.10 Å². The van der Waals surface area contributed by atoms with Gasteiger partial charge in [-0.1, -0.05) is 13.8 Å². The van der Waals surface area contributed by atoms with Crippen LogP contribution >= 0.6 is 0 Å². The van der Waals surface area contributed by atoms with Crippen molar-refractivity contribution in [3.8, 4) is 5.75 Å². The SMILES string of the molecule is CCOc1ccc(N(CC(=O)N[C@@H](C)C(C)C)S(C)(=O)=O)cc1. The van der Waals surface area contributed by atoms with E-state index in [4.69, 9.17) is 4.74 Å². The third-order valence-electron chi connectivity index (χ3n) is 3.51. The van der Waals surface area contributed by atoms with Crippen molar-refractivity contribution in [2.75, 3.05) is 23.7 Å². The van der Waals surface area contributed by atoms with Gasteiger partial charge in [0, 0.05) is 6.04 Å². The van der Waals surface area contributed by atoms with Crippen molar-refractivity contribution in [1.29, 1.82) is 0 Å². The predicted octanol–water partition coefficient (Wildman–Crippen LogP) is 2.01. The predicted molar refractivity (Wildman–Crippen MR) is 92.2 cm³/mol. The largest absolute Gasteiger partial charge is 0.494 e. The Morgan fingerprint density at radius 2 is 1.78 bits per heavy atom. The van der Waals surface area contributed by atoms with E-state index in [1.165, 1.54) is 0 Å². The zero-order valence-electron chi connectivity index (χ0n) is 14.4. The molecule has 1 atom stereocenters. The molecule has 1 aromatic rings. The fourth-order valence-electron chi connectivity index (χ4n) is 1.87. The number of carbonyl (C=O) groups is 1. The maximum absolute atomic E-state index is 12.1. The Balaban J connectivity index is 2.91. The zero-order valence-corrected chi connectivity index (χ0v) is 15.2. The van der Waals surface area contributed by atoms with E-state index in [9.17, 15) is 13.2 Å². The summed E-state index contributed by atoms with van der Waals surface area (Å²) in [7, 11) is -3.56. The fourth-order valence-corrected chi connectivity index (χ4v) is 2.73. The number of nitrogens with zero attached hydrogens (tertiary/aromatic N) is 1. The molecule has 0 spiro atoms. The molecule has 0 aliphatic heterocycles. The first kappa shape index (κ1) is 19.3. The number of sulfonamides is 1. The lowest BCUT2D eigenvalue weighted by Crippen LogP contribution is -2.44. The van der Waals surface area contributed by atoms with Crippen LogP contribution in [-0.2, 0) is 14.8 Å². The van der Waals surface area contributed by atoms with Crippen molar-refractivity contribution in [3.63, 3.8) is 0 Å². The smallest absolute Gasteiger partial charge is 0.240 e. The Morgan fingerprint density at radius 1 is 1.22 bits per heavy atom. The number of rotatable bonds is 8. The summed E-state index contributed by atoms with van der Waals surface area (Å²) in [4.78, 5) is 12.1. The molecule has 0 saturated carbocycles. The minimum atomic E-state index is -3.56. The number of benzene rings is 1. The summed E-state index contributed by atoms with van der Waals surface area (Å²) in [6.07, 6.45) is 1.09. The van der Waals surface area contributed by atoms with Crippen LogP contribution in [0.15, 0.2) is 24.3 Å². The first-order valence-corrected chi connectivity index (χ1v) is 9.50. The molecule has 0 bridgehead atoms. The first-order valence-electron chi connectivity index (χ1n) is 7.65. The van der Waals surface area contributed by atoms with Crippen molar-refractivity contribution < 1.29 is 17.9 Å². The van der Waals surface area contributed by atoms with Crippen LogP contribution in [0.1, 0.15) is 27.7 Å². The molecule has 0 radical (unpaired) electrons. The molecule has 23 heavy (non-hydrogen) atoms. The molecule has 1 amide bonds. The van der Waals surface area contributed by atoms with Crippen LogP contribution in [0.2, 0.25) is 0 Å². The Labute approximate surface area is 138 Å². The van der Waals surface area contributed by atoms with Gasteiger partial charge in [0.05, 0.1) is 18.6 Å². The highest BCUT2D eigenvalue weighted by atomic mass is 32.2. The van der Waals surface area contributed by atoms with Gasteiger partial charge >= 0.3 is 0 Å². The molecule has 1 rings (SSSR count). The van der Waals surface area contributed by atoms with E-state index in [1.807, 2.05) is 27.7 Å². The number of hydrogen-bond acceptors (Lipinski definition) is 4. The average molecular weight is 342 g/mol. The summed E-state index contributed by atoms with van der Waals surface area (Å²) in [6.45, 7) is 8.03. The highest BCUT2D eigenvalue weighted by Crippen LogP contribution is 2.21. The van der Waals surface area contributed by atoms with Crippen LogP contribution in [0, 0.1) is 5.92 Å². The third kappa shape index (κ3) is 6.09. The van der Waals surface area contributed by atoms with Gasteiger partial charge in [-0.05, 0) is 44.0 Å². The molecule has 0 aliphatic rings. The fraction of sp³-hybridized carbons (Fsp3) is 0.562. The molecule has 0 unspecified atom stereocenters. The molecule has 0 aliphatic carbocycles. The van der Waals surface area contributed by atoms with Crippen LogP contribution < -0.4 is 14.4 Å². The van der Waals surface area contributed by atoms with Gasteiger partial charge in [-0.2, -0.15) is 0 Å². The number of ether oxygens (including phenoxy) is 1. The Morgan fingerprint density at radius 3 is 2.22 bits per heavy atom. The van der Waals surface area contributed by atoms with Crippen molar-refractivity contribution in [3.05, 3.63) is 24.3 Å². The molecule has 1 N–H and O–H groups in total. The summed E-state index contributed by atoms with van der Waals surface area (Å²) < 4.78 is 30.5. The summed E-state index contributed by atoms with van der Waals surface area (Å²) in [5, 5.41) is 2.81.